The van der Waals surface area contributed by atoms with Crippen LogP contribution in [-0.4, -0.2) is 98.0 Å². The minimum atomic E-state index is -0.962. The van der Waals surface area contributed by atoms with Crippen molar-refractivity contribution < 1.29 is 42.5 Å². The van der Waals surface area contributed by atoms with E-state index in [1.165, 1.54) is 17.2 Å². The number of aryl methyl sites for hydroxylation is 2. The molecule has 1 aromatic heterocycles. The fourth-order valence-electron chi connectivity index (χ4n) is 14.7. The number of carboxylic acids is 1. The highest BCUT2D eigenvalue weighted by atomic mass is 19.1. The van der Waals surface area contributed by atoms with E-state index >= 15 is 0 Å². The molecule has 3 unspecified atom stereocenters. The summed E-state index contributed by atoms with van der Waals surface area (Å²) >= 11 is 0. The molecule has 12 rings (SSSR count). The van der Waals surface area contributed by atoms with Gasteiger partial charge in [0.15, 0.2) is 0 Å². The zero-order chi connectivity index (χ0) is 65.1. The molecule has 6 heterocycles. The van der Waals surface area contributed by atoms with Crippen molar-refractivity contribution >= 4 is 46.4 Å². The summed E-state index contributed by atoms with van der Waals surface area (Å²) < 4.78 is 39.1. The van der Waals surface area contributed by atoms with Crippen molar-refractivity contribution in [3.8, 4) is 22.3 Å². The van der Waals surface area contributed by atoms with E-state index in [2.05, 4.69) is 94.9 Å². The van der Waals surface area contributed by atoms with Gasteiger partial charge in [-0.2, -0.15) is 0 Å². The molecule has 91 heavy (non-hydrogen) atoms. The SMILES string of the molecule is CCN(c1cc(-c2ccc3c(c2)C2(CC=C(F)CC2)C(=O)N3)cc(C(=O)NCC2=C(C)C=C(C)NC2C)c1C)C1CCOCC1.CCN(c1cc(-c2ccc3c(c2)C2(CC=C(F)CC2)C(=O)N3)cc(C(=O)O)c1C)C1CCOCC1.Cc1cc(C)c(CN)c(=O)[nH]1. The lowest BCUT2D eigenvalue weighted by atomic mass is 9.72. The topological polar surface area (TPSA) is 220 Å². The number of fused-ring (bicyclic) bond motifs is 4. The molecule has 2 fully saturated rings. The Morgan fingerprint density at radius 1 is 0.681 bits per heavy atom. The Bertz CT molecular complexity index is 3860. The Kier molecular flexibility index (Phi) is 20.0. The van der Waals surface area contributed by atoms with E-state index in [4.69, 9.17) is 15.2 Å². The summed E-state index contributed by atoms with van der Waals surface area (Å²) in [5.41, 5.74) is 21.1. The van der Waals surface area contributed by atoms with Crippen molar-refractivity contribution in [3.63, 3.8) is 0 Å². The van der Waals surface area contributed by atoms with Gasteiger partial charge in [-0.3, -0.25) is 19.2 Å². The maximum atomic E-state index is 14.0. The molecule has 18 heteroatoms. The fraction of sp³-hybridized carbons (Fsp3) is 0.438. The third-order valence-electron chi connectivity index (χ3n) is 19.9. The summed E-state index contributed by atoms with van der Waals surface area (Å²) in [4.78, 5) is 71.0. The second kappa shape index (κ2) is 27.7. The number of hydrogen-bond acceptors (Lipinski definition) is 11. The average molecular weight is 1240 g/mol. The first-order valence-electron chi connectivity index (χ1n) is 32.2. The van der Waals surface area contributed by atoms with Gasteiger partial charge in [0.2, 0.25) is 11.8 Å². The molecule has 5 aromatic rings. The number of benzene rings is 4. The van der Waals surface area contributed by atoms with Gasteiger partial charge < -0.3 is 56.4 Å². The maximum Gasteiger partial charge on any atom is 0.336 e. The van der Waals surface area contributed by atoms with E-state index < -0.39 is 16.8 Å². The number of nitrogens with zero attached hydrogens (tertiary/aromatic N) is 2. The Balaban J connectivity index is 0.000000175. The average Bonchev–Trinajstić information content (AvgIpc) is 1.69. The van der Waals surface area contributed by atoms with Crippen molar-refractivity contribution in [3.05, 3.63) is 174 Å². The molecule has 7 aliphatic rings. The van der Waals surface area contributed by atoms with Crippen molar-refractivity contribution in [2.45, 2.75) is 162 Å². The molecule has 16 nitrogen and oxygen atoms in total. The first-order valence-corrected chi connectivity index (χ1v) is 32.2. The summed E-state index contributed by atoms with van der Waals surface area (Å²) in [5.74, 6) is -1.56. The van der Waals surface area contributed by atoms with Crippen LogP contribution in [0.4, 0.5) is 31.5 Å². The van der Waals surface area contributed by atoms with Crippen LogP contribution in [0, 0.1) is 27.7 Å². The minimum Gasteiger partial charge on any atom is -0.478 e. The monoisotopic (exact) mass is 1240 g/mol. The van der Waals surface area contributed by atoms with Crippen LogP contribution < -0.4 is 42.4 Å². The Morgan fingerprint density at radius 2 is 1.16 bits per heavy atom. The highest BCUT2D eigenvalue weighted by Crippen LogP contribution is 2.50. The molecule has 3 amide bonds. The normalized spacial score (nSPS) is 21.2. The number of dihydropyridines is 1. The number of carbonyl (C=O) groups is 4. The number of carboxylic acid groups (broad SMARTS) is 1. The molecule has 3 atom stereocenters. The van der Waals surface area contributed by atoms with Gasteiger partial charge in [-0.05, 0) is 236 Å². The van der Waals surface area contributed by atoms with Crippen LogP contribution in [-0.2, 0) is 36.4 Å². The molecule has 5 aliphatic heterocycles. The Labute approximate surface area is 532 Å². The summed E-state index contributed by atoms with van der Waals surface area (Å²) in [6.45, 7) is 23.4. The van der Waals surface area contributed by atoms with Crippen molar-refractivity contribution in [2.24, 2.45) is 5.73 Å². The van der Waals surface area contributed by atoms with E-state index in [0.29, 0.717) is 75.2 Å². The molecule has 2 saturated heterocycles. The highest BCUT2D eigenvalue weighted by Gasteiger charge is 2.49. The molecule has 0 radical (unpaired) electrons. The van der Waals surface area contributed by atoms with E-state index in [-0.39, 0.29) is 59.4 Å². The number of anilines is 4. The fourth-order valence-corrected chi connectivity index (χ4v) is 14.7. The van der Waals surface area contributed by atoms with Crippen LogP contribution in [0.15, 0.2) is 118 Å². The number of amides is 3. The number of H-pyrrole nitrogens is 1. The van der Waals surface area contributed by atoms with Crippen LogP contribution >= 0.6 is 0 Å². The Morgan fingerprint density at radius 3 is 1.59 bits per heavy atom. The Hall–Kier alpha value is -8.19. The van der Waals surface area contributed by atoms with Crippen LogP contribution in [0.2, 0.25) is 0 Å². The quantitative estimate of drug-likeness (QED) is 0.0585. The van der Waals surface area contributed by atoms with Crippen molar-refractivity contribution in [2.75, 3.05) is 66.5 Å². The number of nitrogens with one attached hydrogen (secondary N) is 5. The summed E-state index contributed by atoms with van der Waals surface area (Å²) in [6, 6.07) is 22.4. The number of carbonyl (C=O) groups excluding carboxylic acids is 3. The zero-order valence-corrected chi connectivity index (χ0v) is 54.1. The van der Waals surface area contributed by atoms with Gasteiger partial charge in [-0.25, -0.2) is 13.6 Å². The zero-order valence-electron chi connectivity index (χ0n) is 54.1. The van der Waals surface area contributed by atoms with Gasteiger partial charge in [0.1, 0.15) is 0 Å². The first kappa shape index (κ1) is 65.8. The molecule has 0 bridgehead atoms. The number of aromatic carboxylic acids is 1. The number of nitrogens with two attached hydrogens (primary N) is 1. The number of allylic oxidation sites excluding steroid dienone is 7. The summed E-state index contributed by atoms with van der Waals surface area (Å²) in [5, 5.41) is 22.7. The van der Waals surface area contributed by atoms with Crippen molar-refractivity contribution in [1.29, 1.82) is 0 Å². The number of rotatable bonds is 13. The van der Waals surface area contributed by atoms with Crippen LogP contribution in [0.1, 0.15) is 159 Å². The third-order valence-corrected chi connectivity index (χ3v) is 19.9. The largest absolute Gasteiger partial charge is 0.478 e. The van der Waals surface area contributed by atoms with Gasteiger partial charge in [0.25, 0.3) is 11.5 Å². The number of pyridine rings is 1. The summed E-state index contributed by atoms with van der Waals surface area (Å²) in [7, 11) is 0. The van der Waals surface area contributed by atoms with Gasteiger partial charge in [-0.15, -0.1) is 0 Å². The predicted octanol–water partition coefficient (Wildman–Crippen LogP) is 12.9. The van der Waals surface area contributed by atoms with Crippen LogP contribution in [0.5, 0.6) is 0 Å². The standard InChI is InChI=1S/C37H45FN4O3.C28H31FN2O4.C8H12N2O/c1-6-42(29-11-15-45-16-12-29)34-20-27(18-30(24(34)4)35(43)39-21-31-22(2)17-23(3)40-25(31)5)26-7-8-33-32(19-26)37(36(44)41-33)13-9-28(38)10-14-37;1-3-31(21-8-12-35-13-9-21)25-16-19(14-22(17(25)2)26(32)33)18-4-5-24-23(15-18)28(27(34)30-24)10-6-20(29)7-11-28;1-5-3-6(2)10-8(11)7(5)4-9/h7-9,17-20,25,29,40H,6,10-16,21H2,1-5H3,(H,39,43)(H,41,44);4-6,14-16,21H,3,7-13H2,1-2H3,(H,30,34)(H,32,33);3H,4,9H2,1-2H3,(H,10,11). The van der Waals surface area contributed by atoms with Crippen molar-refractivity contribution in [1.82, 2.24) is 15.6 Å². The predicted molar refractivity (Wildman–Crippen MR) is 356 cm³/mol. The molecule has 2 aliphatic carbocycles. The minimum absolute atomic E-state index is 0.0648. The number of aromatic nitrogens is 1. The van der Waals surface area contributed by atoms with Gasteiger partial charge in [0.05, 0.1) is 28.0 Å². The lowest BCUT2D eigenvalue weighted by Gasteiger charge is -2.37. The molecule has 2 spiro atoms. The second-order valence-corrected chi connectivity index (χ2v) is 25.4. The molecule has 482 valence electrons. The second-order valence-electron chi connectivity index (χ2n) is 25.4. The number of hydrogen-bond donors (Lipinski definition) is 7. The van der Waals surface area contributed by atoms with Crippen LogP contribution in [0.3, 0.4) is 0 Å². The highest BCUT2D eigenvalue weighted by molar-refractivity contribution is 6.08. The first-order chi connectivity index (χ1) is 43.6. The van der Waals surface area contributed by atoms with Crippen LogP contribution in [0.25, 0.3) is 22.3 Å². The summed E-state index contributed by atoms with van der Waals surface area (Å²) in [6.07, 6.45) is 10.9. The lowest BCUT2D eigenvalue weighted by molar-refractivity contribution is -0.121. The van der Waals surface area contributed by atoms with Gasteiger partial charge >= 0.3 is 5.97 Å². The van der Waals surface area contributed by atoms with E-state index in [1.54, 1.807) is 12.1 Å². The molecular weight excluding hydrogens is 1150 g/mol. The van der Waals surface area contributed by atoms with E-state index in [1.807, 2.05) is 70.2 Å². The smallest absolute Gasteiger partial charge is 0.336 e. The maximum absolute atomic E-state index is 14.0. The third kappa shape index (κ3) is 13.5. The number of halogens is 2. The van der Waals surface area contributed by atoms with E-state index in [9.17, 15) is 37.9 Å². The van der Waals surface area contributed by atoms with E-state index in [0.717, 1.165) is 136 Å². The van der Waals surface area contributed by atoms with Gasteiger partial charge in [0, 0.05) is 129 Å². The number of aromatic amines is 1. The van der Waals surface area contributed by atoms with Gasteiger partial charge in [-0.1, -0.05) is 24.3 Å². The number of ether oxygens (including phenoxy) is 2. The molecule has 4 aromatic carbocycles. The molecule has 0 saturated carbocycles. The molecular formula is C73H88F2N8O8. The lowest BCUT2D eigenvalue weighted by Crippen LogP contribution is -2.40. The molecule has 8 N–H and O–H groups in total.